The molecule has 2 nitrogen and oxygen atoms in total. The Bertz CT molecular complexity index is 75.9. The van der Waals surface area contributed by atoms with Gasteiger partial charge in [-0.1, -0.05) is 6.92 Å². The smallest absolute Gasteiger partial charge is 0.0549 e. The van der Waals surface area contributed by atoms with E-state index in [1.165, 1.54) is 12.8 Å². The van der Waals surface area contributed by atoms with Crippen molar-refractivity contribution in [2.45, 2.75) is 32.8 Å². The SMILES string of the molecule is C=C.CC1CCOC(C)C1.CO. The number of hydrogen-bond donors (Lipinski definition) is 1. The molecule has 12 heavy (non-hydrogen) atoms. The van der Waals surface area contributed by atoms with Crippen LogP contribution >= 0.6 is 0 Å². The molecule has 0 aromatic carbocycles. The second-order valence-corrected chi connectivity index (χ2v) is 2.81. The first-order chi connectivity index (χ1) is 5.79. The number of aliphatic hydroxyl groups is 1. The second-order valence-electron chi connectivity index (χ2n) is 2.81. The van der Waals surface area contributed by atoms with E-state index in [9.17, 15) is 0 Å². The van der Waals surface area contributed by atoms with Gasteiger partial charge in [-0.3, -0.25) is 0 Å². The fourth-order valence-corrected chi connectivity index (χ4v) is 1.22. The van der Waals surface area contributed by atoms with Crippen LogP contribution in [0.5, 0.6) is 0 Å². The summed E-state index contributed by atoms with van der Waals surface area (Å²) in [6, 6.07) is 0. The minimum absolute atomic E-state index is 0.513. The zero-order valence-corrected chi connectivity index (χ0v) is 8.55. The zero-order chi connectivity index (χ0) is 9.98. The van der Waals surface area contributed by atoms with Crippen LogP contribution in [0.4, 0.5) is 0 Å². The summed E-state index contributed by atoms with van der Waals surface area (Å²) < 4.78 is 5.35. The molecule has 1 aliphatic rings. The number of aliphatic hydroxyl groups excluding tert-OH is 1. The molecule has 1 heterocycles. The molecule has 0 radical (unpaired) electrons. The molecule has 2 heteroatoms. The highest BCUT2D eigenvalue weighted by atomic mass is 16.5. The third-order valence-corrected chi connectivity index (χ3v) is 1.75. The van der Waals surface area contributed by atoms with Crippen LogP contribution in [0.2, 0.25) is 0 Å². The topological polar surface area (TPSA) is 29.5 Å². The van der Waals surface area contributed by atoms with E-state index in [-0.39, 0.29) is 0 Å². The highest BCUT2D eigenvalue weighted by molar-refractivity contribution is 4.63. The van der Waals surface area contributed by atoms with Crippen molar-refractivity contribution in [3.05, 3.63) is 13.2 Å². The second kappa shape index (κ2) is 10.7. The molecule has 2 atom stereocenters. The Morgan fingerprint density at radius 3 is 2.00 bits per heavy atom. The minimum Gasteiger partial charge on any atom is -0.400 e. The summed E-state index contributed by atoms with van der Waals surface area (Å²) in [5.74, 6) is 0.888. The third-order valence-electron chi connectivity index (χ3n) is 1.75. The summed E-state index contributed by atoms with van der Waals surface area (Å²) in [5, 5.41) is 7.00. The van der Waals surface area contributed by atoms with Crippen molar-refractivity contribution in [2.75, 3.05) is 13.7 Å². The molecule has 0 bridgehead atoms. The first-order valence-electron chi connectivity index (χ1n) is 4.35. The van der Waals surface area contributed by atoms with Crippen LogP contribution in [0.25, 0.3) is 0 Å². The molecule has 0 aromatic rings. The molecule has 74 valence electrons. The van der Waals surface area contributed by atoms with Gasteiger partial charge in [-0.2, -0.15) is 0 Å². The van der Waals surface area contributed by atoms with E-state index in [2.05, 4.69) is 27.0 Å². The monoisotopic (exact) mass is 174 g/mol. The maximum absolute atomic E-state index is 7.00. The van der Waals surface area contributed by atoms with Crippen LogP contribution in [-0.4, -0.2) is 24.9 Å². The van der Waals surface area contributed by atoms with Gasteiger partial charge in [0.05, 0.1) is 6.10 Å². The van der Waals surface area contributed by atoms with Gasteiger partial charge in [-0.05, 0) is 25.7 Å². The van der Waals surface area contributed by atoms with Crippen molar-refractivity contribution < 1.29 is 9.84 Å². The molecule has 1 N–H and O–H groups in total. The van der Waals surface area contributed by atoms with Crippen molar-refractivity contribution in [1.29, 1.82) is 0 Å². The summed E-state index contributed by atoms with van der Waals surface area (Å²) >= 11 is 0. The predicted molar refractivity (Wildman–Crippen MR) is 53.2 cm³/mol. The van der Waals surface area contributed by atoms with Gasteiger partial charge in [-0.25, -0.2) is 0 Å². The van der Waals surface area contributed by atoms with Gasteiger partial charge in [0.15, 0.2) is 0 Å². The Morgan fingerprint density at radius 2 is 1.75 bits per heavy atom. The van der Waals surface area contributed by atoms with E-state index in [0.29, 0.717) is 6.10 Å². The van der Waals surface area contributed by atoms with Gasteiger partial charge in [0.25, 0.3) is 0 Å². The van der Waals surface area contributed by atoms with Crippen molar-refractivity contribution in [3.8, 4) is 0 Å². The van der Waals surface area contributed by atoms with Crippen molar-refractivity contribution in [1.82, 2.24) is 0 Å². The first-order valence-corrected chi connectivity index (χ1v) is 4.35. The Labute approximate surface area is 76.2 Å². The lowest BCUT2D eigenvalue weighted by molar-refractivity contribution is 0.00682. The van der Waals surface area contributed by atoms with E-state index in [4.69, 9.17) is 9.84 Å². The van der Waals surface area contributed by atoms with Crippen LogP contribution in [0, 0.1) is 5.92 Å². The van der Waals surface area contributed by atoms with Crippen LogP contribution in [0.15, 0.2) is 13.2 Å². The third kappa shape index (κ3) is 7.76. The van der Waals surface area contributed by atoms with E-state index >= 15 is 0 Å². The summed E-state index contributed by atoms with van der Waals surface area (Å²) in [4.78, 5) is 0. The molecule has 0 aliphatic carbocycles. The van der Waals surface area contributed by atoms with Crippen molar-refractivity contribution in [3.63, 3.8) is 0 Å². The predicted octanol–water partition coefficient (Wildman–Crippen LogP) is 2.23. The quantitative estimate of drug-likeness (QED) is 0.571. The van der Waals surface area contributed by atoms with E-state index in [1.807, 2.05) is 0 Å². The summed E-state index contributed by atoms with van der Waals surface area (Å²) in [7, 11) is 1.00. The van der Waals surface area contributed by atoms with Crippen LogP contribution in [-0.2, 0) is 4.74 Å². The minimum atomic E-state index is 0.513. The van der Waals surface area contributed by atoms with Gasteiger partial charge in [0, 0.05) is 13.7 Å². The van der Waals surface area contributed by atoms with E-state index in [1.54, 1.807) is 0 Å². The highest BCUT2D eigenvalue weighted by Gasteiger charge is 2.13. The van der Waals surface area contributed by atoms with Gasteiger partial charge in [0.1, 0.15) is 0 Å². The highest BCUT2D eigenvalue weighted by Crippen LogP contribution is 2.18. The number of hydrogen-bond acceptors (Lipinski definition) is 2. The lowest BCUT2D eigenvalue weighted by atomic mass is 9.99. The van der Waals surface area contributed by atoms with Crippen molar-refractivity contribution >= 4 is 0 Å². The van der Waals surface area contributed by atoms with E-state index in [0.717, 1.165) is 19.6 Å². The summed E-state index contributed by atoms with van der Waals surface area (Å²) in [6.45, 7) is 11.4. The molecule has 0 amide bonds. The molecule has 1 aliphatic heterocycles. The molecular formula is C10H22O2. The van der Waals surface area contributed by atoms with Gasteiger partial charge in [0.2, 0.25) is 0 Å². The summed E-state index contributed by atoms with van der Waals surface area (Å²) in [6.07, 6.45) is 3.02. The Balaban J connectivity index is 0. The average Bonchev–Trinajstić information content (AvgIpc) is 2.11. The van der Waals surface area contributed by atoms with Crippen molar-refractivity contribution in [2.24, 2.45) is 5.92 Å². The molecule has 1 rings (SSSR count). The fourth-order valence-electron chi connectivity index (χ4n) is 1.22. The van der Waals surface area contributed by atoms with Crippen LogP contribution in [0.1, 0.15) is 26.7 Å². The standard InChI is InChI=1S/C7H14O.C2H4.CH4O/c1-6-3-4-8-7(2)5-6;2*1-2/h6-7H,3-5H2,1-2H3;1-2H2;2H,1H3. The molecule has 1 fully saturated rings. The molecule has 1 saturated heterocycles. The molecule has 0 saturated carbocycles. The van der Waals surface area contributed by atoms with Crippen LogP contribution < -0.4 is 0 Å². The first kappa shape index (κ1) is 14.2. The lowest BCUT2D eigenvalue weighted by Crippen LogP contribution is -2.20. The zero-order valence-electron chi connectivity index (χ0n) is 8.55. The van der Waals surface area contributed by atoms with Crippen LogP contribution in [0.3, 0.4) is 0 Å². The van der Waals surface area contributed by atoms with Gasteiger partial charge in [-0.15, -0.1) is 13.2 Å². The molecule has 0 aromatic heterocycles. The van der Waals surface area contributed by atoms with E-state index < -0.39 is 0 Å². The maximum atomic E-state index is 7.00. The Morgan fingerprint density at radius 1 is 1.25 bits per heavy atom. The Kier molecular flexibility index (Phi) is 12.6. The number of rotatable bonds is 0. The molecule has 2 unspecified atom stereocenters. The summed E-state index contributed by atoms with van der Waals surface area (Å²) in [5.41, 5.74) is 0. The normalized spacial score (nSPS) is 27.3. The average molecular weight is 174 g/mol. The Hall–Kier alpha value is -0.340. The fraction of sp³-hybridized carbons (Fsp3) is 0.800. The van der Waals surface area contributed by atoms with Gasteiger partial charge < -0.3 is 9.84 Å². The molecule has 0 spiro atoms. The van der Waals surface area contributed by atoms with Gasteiger partial charge >= 0.3 is 0 Å². The maximum Gasteiger partial charge on any atom is 0.0549 e. The molecular weight excluding hydrogens is 152 g/mol. The lowest BCUT2D eigenvalue weighted by Gasteiger charge is -2.23. The largest absolute Gasteiger partial charge is 0.400 e. The number of ether oxygens (including phenoxy) is 1.